The number of likely N-dealkylation sites (N-methyl/N-ethyl adjacent to an activating group) is 1. The average molecular weight is 510 g/mol. The zero-order chi connectivity index (χ0) is 25.8. The van der Waals surface area contributed by atoms with Crippen LogP contribution < -0.4 is 5.32 Å². The molecule has 4 amide bonds. The summed E-state index contributed by atoms with van der Waals surface area (Å²) in [5.41, 5.74) is 4.41. The first-order valence-electron chi connectivity index (χ1n) is 12.3. The first kappa shape index (κ1) is 26.0. The fourth-order valence-electron chi connectivity index (χ4n) is 4.93. The fourth-order valence-corrected chi connectivity index (χ4v) is 5.39. The van der Waals surface area contributed by atoms with Crippen LogP contribution in [0.3, 0.4) is 0 Å². The molecule has 8 nitrogen and oxygen atoms in total. The van der Waals surface area contributed by atoms with Crippen LogP contribution in [-0.2, 0) is 22.7 Å². The van der Waals surface area contributed by atoms with Crippen LogP contribution in [0.25, 0.3) is 0 Å². The van der Waals surface area contributed by atoms with E-state index in [9.17, 15) is 14.4 Å². The van der Waals surface area contributed by atoms with Gasteiger partial charge in [0, 0.05) is 20.1 Å². The Labute approximate surface area is 217 Å². The summed E-state index contributed by atoms with van der Waals surface area (Å²) in [4.78, 5) is 43.7. The number of hydrazine groups is 1. The van der Waals surface area contributed by atoms with E-state index in [2.05, 4.69) is 31.3 Å². The molecule has 0 unspecified atom stereocenters. The number of carbonyl (C=O) groups excluding carboxylic acids is 3. The predicted octanol–water partition coefficient (Wildman–Crippen LogP) is 2.99. The van der Waals surface area contributed by atoms with Crippen molar-refractivity contribution in [1.29, 1.82) is 0 Å². The molecule has 2 aromatic rings. The topological polar surface area (TPSA) is 76.2 Å². The number of rotatable bonds is 7. The molecule has 0 aromatic heterocycles. The first-order chi connectivity index (χ1) is 17.3. The third-order valence-corrected chi connectivity index (χ3v) is 7.62. The number of amides is 4. The molecule has 9 heteroatoms. The fraction of sp³-hybridized carbons (Fsp3) is 0.444. The van der Waals surface area contributed by atoms with Crippen LogP contribution >= 0.6 is 11.8 Å². The minimum absolute atomic E-state index is 0.0511. The number of fused-ring (bicyclic) bond motifs is 1. The van der Waals surface area contributed by atoms with Crippen molar-refractivity contribution < 1.29 is 14.4 Å². The molecule has 4 rings (SSSR count). The van der Waals surface area contributed by atoms with Gasteiger partial charge in [-0.3, -0.25) is 9.59 Å². The maximum absolute atomic E-state index is 13.6. The molecule has 2 fully saturated rings. The molecular formula is C27H35N5O3S. The minimum Gasteiger partial charge on any atom is -0.333 e. The number of aryl methyl sites for hydroxylation is 2. The van der Waals surface area contributed by atoms with E-state index in [1.54, 1.807) is 38.6 Å². The summed E-state index contributed by atoms with van der Waals surface area (Å²) in [5.74, 6) is 0.571. The average Bonchev–Trinajstić information content (AvgIpc) is 2.86. The lowest BCUT2D eigenvalue weighted by atomic mass is 10.0. The van der Waals surface area contributed by atoms with Crippen molar-refractivity contribution in [2.45, 2.75) is 45.6 Å². The molecule has 0 bridgehead atoms. The van der Waals surface area contributed by atoms with Gasteiger partial charge in [0.2, 0.25) is 11.8 Å². The first-order valence-corrected chi connectivity index (χ1v) is 13.7. The second-order valence-electron chi connectivity index (χ2n) is 9.52. The molecule has 2 aliphatic rings. The molecular weight excluding hydrogens is 474 g/mol. The molecule has 0 spiro atoms. The highest BCUT2D eigenvalue weighted by molar-refractivity contribution is 7.98. The maximum Gasteiger partial charge on any atom is 0.334 e. The Bertz CT molecular complexity index is 1110. The monoisotopic (exact) mass is 509 g/mol. The van der Waals surface area contributed by atoms with Crippen molar-refractivity contribution >= 4 is 29.6 Å². The lowest BCUT2D eigenvalue weighted by molar-refractivity contribution is -0.187. The zero-order valence-electron chi connectivity index (χ0n) is 21.4. The van der Waals surface area contributed by atoms with E-state index in [1.807, 2.05) is 42.7 Å². The van der Waals surface area contributed by atoms with Gasteiger partial charge in [-0.15, -0.1) is 0 Å². The summed E-state index contributed by atoms with van der Waals surface area (Å²) in [6.07, 6.45) is 1.98. The lowest BCUT2D eigenvalue weighted by Crippen LogP contribution is -2.75. The Hall–Kier alpha value is -3.04. The normalized spacial score (nSPS) is 20.5. The standard InChI is InChI=1S/C27H35N5O3S/c1-19-10-11-22(14-20(19)2)16-30-17-24-31(23(26(30)34)12-13-36-4)25(33)18-29(3)32(24)27(35)28-15-21-8-6-5-7-9-21/h5-11,14,23-24H,12-13,15-18H2,1-4H3,(H,28,35)/t23-,24-/m0/s1. The summed E-state index contributed by atoms with van der Waals surface area (Å²) in [6, 6.07) is 15.1. The number of thioether (sulfide) groups is 1. The van der Waals surface area contributed by atoms with Crippen LogP contribution in [0.4, 0.5) is 4.79 Å². The van der Waals surface area contributed by atoms with Crippen molar-refractivity contribution in [2.24, 2.45) is 0 Å². The number of hydrogen-bond donors (Lipinski definition) is 1. The smallest absolute Gasteiger partial charge is 0.333 e. The van der Waals surface area contributed by atoms with E-state index >= 15 is 0 Å². The van der Waals surface area contributed by atoms with Crippen LogP contribution in [0, 0.1) is 13.8 Å². The van der Waals surface area contributed by atoms with E-state index in [0.29, 0.717) is 19.5 Å². The summed E-state index contributed by atoms with van der Waals surface area (Å²) in [5, 5.41) is 6.27. The number of carbonyl (C=O) groups is 3. The van der Waals surface area contributed by atoms with E-state index in [-0.39, 0.29) is 30.9 Å². The number of nitrogens with one attached hydrogen (secondary N) is 1. The van der Waals surface area contributed by atoms with Crippen LogP contribution in [0.5, 0.6) is 0 Å². The molecule has 2 heterocycles. The lowest BCUT2D eigenvalue weighted by Gasteiger charge is -2.54. The van der Waals surface area contributed by atoms with Gasteiger partial charge >= 0.3 is 6.03 Å². The van der Waals surface area contributed by atoms with Gasteiger partial charge in [0.1, 0.15) is 12.2 Å². The van der Waals surface area contributed by atoms with Gasteiger partial charge in [-0.25, -0.2) is 14.8 Å². The van der Waals surface area contributed by atoms with Crippen molar-refractivity contribution in [3.8, 4) is 0 Å². The Morgan fingerprint density at radius 1 is 1.06 bits per heavy atom. The molecule has 192 valence electrons. The summed E-state index contributed by atoms with van der Waals surface area (Å²) >= 11 is 1.65. The molecule has 2 saturated heterocycles. The number of hydrogen-bond acceptors (Lipinski definition) is 5. The van der Waals surface area contributed by atoms with Crippen LogP contribution in [-0.4, -0.2) is 82.0 Å². The molecule has 2 aromatic carbocycles. The third-order valence-electron chi connectivity index (χ3n) is 6.97. The largest absolute Gasteiger partial charge is 0.334 e. The van der Waals surface area contributed by atoms with Gasteiger partial charge in [0.25, 0.3) is 0 Å². The van der Waals surface area contributed by atoms with Gasteiger partial charge in [-0.1, -0.05) is 48.5 Å². The van der Waals surface area contributed by atoms with Crippen LogP contribution in [0.2, 0.25) is 0 Å². The van der Waals surface area contributed by atoms with Gasteiger partial charge < -0.3 is 15.1 Å². The van der Waals surface area contributed by atoms with E-state index < -0.39 is 12.2 Å². The number of urea groups is 1. The van der Waals surface area contributed by atoms with E-state index in [1.165, 1.54) is 11.1 Å². The molecule has 0 aliphatic carbocycles. The Morgan fingerprint density at radius 2 is 1.81 bits per heavy atom. The highest BCUT2D eigenvalue weighted by atomic mass is 32.2. The van der Waals surface area contributed by atoms with Crippen LogP contribution in [0.1, 0.15) is 28.7 Å². The second-order valence-corrected chi connectivity index (χ2v) is 10.5. The zero-order valence-corrected chi connectivity index (χ0v) is 22.3. The SMILES string of the molecule is CSCC[C@H]1C(=O)N(Cc2ccc(C)c(C)c2)C[C@H]2N1C(=O)CN(C)N2C(=O)NCc1ccccc1. The highest BCUT2D eigenvalue weighted by Gasteiger charge is 2.50. The summed E-state index contributed by atoms with van der Waals surface area (Å²) in [7, 11) is 1.75. The molecule has 2 aliphatic heterocycles. The molecule has 36 heavy (non-hydrogen) atoms. The van der Waals surface area contributed by atoms with E-state index in [4.69, 9.17) is 0 Å². The quantitative estimate of drug-likeness (QED) is 0.621. The minimum atomic E-state index is -0.589. The van der Waals surface area contributed by atoms with Crippen molar-refractivity contribution in [3.63, 3.8) is 0 Å². The number of piperazine rings is 1. The van der Waals surface area contributed by atoms with Gasteiger partial charge in [-0.05, 0) is 54.5 Å². The van der Waals surface area contributed by atoms with Crippen molar-refractivity contribution in [3.05, 3.63) is 70.8 Å². The molecule has 0 saturated carbocycles. The summed E-state index contributed by atoms with van der Waals surface area (Å²) < 4.78 is 0. The van der Waals surface area contributed by atoms with E-state index in [0.717, 1.165) is 16.9 Å². The highest BCUT2D eigenvalue weighted by Crippen LogP contribution is 2.29. The predicted molar refractivity (Wildman–Crippen MR) is 142 cm³/mol. The second kappa shape index (κ2) is 11.3. The maximum atomic E-state index is 13.6. The van der Waals surface area contributed by atoms with Crippen molar-refractivity contribution in [2.75, 3.05) is 32.1 Å². The Kier molecular flexibility index (Phi) is 8.21. The molecule has 0 radical (unpaired) electrons. The van der Waals surface area contributed by atoms with Gasteiger partial charge in [0.05, 0.1) is 13.1 Å². The summed E-state index contributed by atoms with van der Waals surface area (Å²) in [6.45, 7) is 5.26. The van der Waals surface area contributed by atoms with Crippen molar-refractivity contribution in [1.82, 2.24) is 25.1 Å². The van der Waals surface area contributed by atoms with Crippen LogP contribution in [0.15, 0.2) is 48.5 Å². The number of benzene rings is 2. The number of nitrogens with zero attached hydrogens (tertiary/aromatic N) is 4. The Morgan fingerprint density at radius 3 is 2.50 bits per heavy atom. The third kappa shape index (κ3) is 5.52. The Balaban J connectivity index is 1.61. The van der Waals surface area contributed by atoms with Gasteiger partial charge in [0.15, 0.2) is 0 Å². The van der Waals surface area contributed by atoms with Gasteiger partial charge in [-0.2, -0.15) is 11.8 Å². The molecule has 2 atom stereocenters. The molecule has 1 N–H and O–H groups in total.